The first-order chi connectivity index (χ1) is 12.3. The van der Waals surface area contributed by atoms with Gasteiger partial charge in [0.2, 0.25) is 11.8 Å². The first kappa shape index (κ1) is 15.8. The Morgan fingerprint density at radius 2 is 1.84 bits per heavy atom. The second kappa shape index (κ2) is 6.64. The summed E-state index contributed by atoms with van der Waals surface area (Å²) in [6, 6.07) is 17.4. The summed E-state index contributed by atoms with van der Waals surface area (Å²) in [5.41, 5.74) is 1.10. The van der Waals surface area contributed by atoms with E-state index >= 15 is 0 Å². The molecule has 6 heteroatoms. The molecule has 2 aromatic carbocycles. The molecule has 0 aliphatic heterocycles. The van der Waals surface area contributed by atoms with E-state index < -0.39 is 0 Å². The molecule has 0 unspecified atom stereocenters. The minimum Gasteiger partial charge on any atom is -0.423 e. The molecule has 0 radical (unpaired) electrons. The van der Waals surface area contributed by atoms with Crippen LogP contribution >= 0.6 is 11.5 Å². The minimum absolute atomic E-state index is 0.0159. The predicted octanol–water partition coefficient (Wildman–Crippen LogP) is 3.84. The largest absolute Gasteiger partial charge is 0.423 e. The van der Waals surface area contributed by atoms with Gasteiger partial charge < -0.3 is 4.42 Å². The molecule has 0 saturated heterocycles. The fraction of sp³-hybridized carbons (Fsp3) is 0.211. The van der Waals surface area contributed by atoms with Crippen LogP contribution in [0.4, 0.5) is 0 Å². The van der Waals surface area contributed by atoms with E-state index in [1.54, 1.807) is 3.96 Å². The van der Waals surface area contributed by atoms with Gasteiger partial charge in [-0.2, -0.15) is 0 Å². The van der Waals surface area contributed by atoms with Gasteiger partial charge in [-0.1, -0.05) is 60.9 Å². The highest BCUT2D eigenvalue weighted by atomic mass is 32.1. The molecule has 2 heterocycles. The Kier molecular flexibility index (Phi) is 4.19. The lowest BCUT2D eigenvalue weighted by Gasteiger charge is -2.13. The molecule has 0 fully saturated rings. The molecule has 1 atom stereocenters. The van der Waals surface area contributed by atoms with Crippen molar-refractivity contribution in [1.29, 1.82) is 0 Å². The number of aromatic nitrogens is 3. The molecule has 4 aromatic rings. The summed E-state index contributed by atoms with van der Waals surface area (Å²) in [6.07, 6.45) is 1.30. The zero-order chi connectivity index (χ0) is 17.2. The van der Waals surface area contributed by atoms with Gasteiger partial charge in [-0.3, -0.25) is 8.75 Å². The van der Waals surface area contributed by atoms with Crippen LogP contribution in [-0.4, -0.2) is 14.2 Å². The SMILES string of the molecule is CCc1nnc([C@H](Cc2ccccc2)n2sc3ccccc3c2=O)o1. The second-order valence-electron chi connectivity index (χ2n) is 5.81. The Morgan fingerprint density at radius 1 is 1.08 bits per heavy atom. The Balaban J connectivity index is 1.83. The van der Waals surface area contributed by atoms with Gasteiger partial charge in [-0.25, -0.2) is 0 Å². The van der Waals surface area contributed by atoms with Crippen LogP contribution in [0, 0.1) is 0 Å². The topological polar surface area (TPSA) is 60.9 Å². The third kappa shape index (κ3) is 3.00. The summed E-state index contributed by atoms with van der Waals surface area (Å²) in [4.78, 5) is 12.9. The molecule has 0 N–H and O–H groups in total. The molecule has 0 aliphatic carbocycles. The van der Waals surface area contributed by atoms with E-state index in [4.69, 9.17) is 4.42 Å². The van der Waals surface area contributed by atoms with Crippen LogP contribution < -0.4 is 5.56 Å². The van der Waals surface area contributed by atoms with Gasteiger partial charge in [0.05, 0.1) is 10.1 Å². The molecule has 0 bridgehead atoms. The van der Waals surface area contributed by atoms with Gasteiger partial charge in [0.1, 0.15) is 6.04 Å². The third-order valence-electron chi connectivity index (χ3n) is 4.14. The maximum absolute atomic E-state index is 12.9. The molecule has 0 amide bonds. The van der Waals surface area contributed by atoms with Gasteiger partial charge in [0.15, 0.2) is 0 Å². The lowest BCUT2D eigenvalue weighted by atomic mass is 10.1. The smallest absolute Gasteiger partial charge is 0.269 e. The highest BCUT2D eigenvalue weighted by molar-refractivity contribution is 7.13. The summed E-state index contributed by atoms with van der Waals surface area (Å²) < 4.78 is 8.51. The predicted molar refractivity (Wildman–Crippen MR) is 98.0 cm³/mol. The molecule has 2 aromatic heterocycles. The lowest BCUT2D eigenvalue weighted by Crippen LogP contribution is -2.22. The van der Waals surface area contributed by atoms with E-state index in [0.717, 1.165) is 15.6 Å². The van der Waals surface area contributed by atoms with Gasteiger partial charge in [-0.15, -0.1) is 10.2 Å². The van der Waals surface area contributed by atoms with Crippen LogP contribution in [0.3, 0.4) is 0 Å². The molecule has 0 spiro atoms. The zero-order valence-corrected chi connectivity index (χ0v) is 14.6. The maximum atomic E-state index is 12.9. The number of hydrogen-bond acceptors (Lipinski definition) is 5. The van der Waals surface area contributed by atoms with Crippen molar-refractivity contribution in [2.24, 2.45) is 0 Å². The molecule has 0 aliphatic rings. The van der Waals surface area contributed by atoms with Crippen molar-refractivity contribution < 1.29 is 4.42 Å². The first-order valence-electron chi connectivity index (χ1n) is 8.23. The van der Waals surface area contributed by atoms with Crippen molar-refractivity contribution in [3.05, 3.63) is 82.3 Å². The van der Waals surface area contributed by atoms with Crippen molar-refractivity contribution in [2.75, 3.05) is 0 Å². The van der Waals surface area contributed by atoms with E-state index in [2.05, 4.69) is 10.2 Å². The third-order valence-corrected chi connectivity index (χ3v) is 5.31. The Hall–Kier alpha value is -2.73. The molecular weight excluding hydrogens is 334 g/mol. The van der Waals surface area contributed by atoms with E-state index in [9.17, 15) is 4.79 Å². The summed E-state index contributed by atoms with van der Waals surface area (Å²) in [7, 11) is 0. The second-order valence-corrected chi connectivity index (χ2v) is 6.83. The van der Waals surface area contributed by atoms with Crippen molar-refractivity contribution in [1.82, 2.24) is 14.2 Å². The van der Waals surface area contributed by atoms with Crippen LogP contribution in [-0.2, 0) is 12.8 Å². The number of fused-ring (bicyclic) bond motifs is 1. The van der Waals surface area contributed by atoms with Crippen LogP contribution in [0.1, 0.15) is 30.3 Å². The lowest BCUT2D eigenvalue weighted by molar-refractivity contribution is 0.397. The summed E-state index contributed by atoms with van der Waals surface area (Å²) in [5, 5.41) is 9.00. The van der Waals surface area contributed by atoms with E-state index in [0.29, 0.717) is 24.6 Å². The fourth-order valence-electron chi connectivity index (χ4n) is 2.85. The number of nitrogens with zero attached hydrogens (tertiary/aromatic N) is 3. The minimum atomic E-state index is -0.305. The highest BCUT2D eigenvalue weighted by Gasteiger charge is 2.24. The Labute approximate surface area is 148 Å². The van der Waals surface area contributed by atoms with Crippen LogP contribution in [0.15, 0.2) is 63.8 Å². The molecule has 25 heavy (non-hydrogen) atoms. The Morgan fingerprint density at radius 3 is 2.56 bits per heavy atom. The molecule has 0 saturated carbocycles. The van der Waals surface area contributed by atoms with Crippen molar-refractivity contribution in [3.63, 3.8) is 0 Å². The van der Waals surface area contributed by atoms with Gasteiger partial charge in [-0.05, 0) is 17.7 Å². The quantitative estimate of drug-likeness (QED) is 0.548. The highest BCUT2D eigenvalue weighted by Crippen LogP contribution is 2.27. The van der Waals surface area contributed by atoms with Gasteiger partial charge in [0.25, 0.3) is 5.56 Å². The van der Waals surface area contributed by atoms with Crippen molar-refractivity contribution in [3.8, 4) is 0 Å². The average molecular weight is 351 g/mol. The van der Waals surface area contributed by atoms with Gasteiger partial charge in [0, 0.05) is 12.8 Å². The zero-order valence-electron chi connectivity index (χ0n) is 13.8. The number of aryl methyl sites for hydroxylation is 1. The summed E-state index contributed by atoms with van der Waals surface area (Å²) >= 11 is 1.44. The van der Waals surface area contributed by atoms with Crippen LogP contribution in [0.5, 0.6) is 0 Å². The number of hydrogen-bond donors (Lipinski definition) is 0. The molecule has 4 rings (SSSR count). The molecule has 5 nitrogen and oxygen atoms in total. The van der Waals surface area contributed by atoms with Crippen molar-refractivity contribution >= 4 is 21.6 Å². The first-order valence-corrected chi connectivity index (χ1v) is 9.00. The summed E-state index contributed by atoms with van der Waals surface area (Å²) in [6.45, 7) is 1.97. The monoisotopic (exact) mass is 351 g/mol. The standard InChI is InChI=1S/C19H17N3O2S/c1-2-17-20-21-18(24-17)15(12-13-8-4-3-5-9-13)22-19(23)14-10-6-7-11-16(14)25-22/h3-11,15H,2,12H2,1H3/t15-/m0/s1. The van der Waals surface area contributed by atoms with E-state index in [1.165, 1.54) is 11.5 Å². The number of benzene rings is 2. The molecular formula is C19H17N3O2S. The van der Waals surface area contributed by atoms with Crippen LogP contribution in [0.2, 0.25) is 0 Å². The van der Waals surface area contributed by atoms with Crippen LogP contribution in [0.25, 0.3) is 10.1 Å². The van der Waals surface area contributed by atoms with Crippen molar-refractivity contribution in [2.45, 2.75) is 25.8 Å². The normalized spacial score (nSPS) is 12.5. The number of rotatable bonds is 5. The summed E-state index contributed by atoms with van der Waals surface area (Å²) in [5.74, 6) is 1.07. The average Bonchev–Trinajstić information content (AvgIpc) is 3.26. The van der Waals surface area contributed by atoms with E-state index in [-0.39, 0.29) is 11.6 Å². The molecule has 126 valence electrons. The van der Waals surface area contributed by atoms with Gasteiger partial charge >= 0.3 is 0 Å². The Bertz CT molecular complexity index is 1050. The maximum Gasteiger partial charge on any atom is 0.269 e. The van der Waals surface area contributed by atoms with E-state index in [1.807, 2.05) is 61.5 Å². The fourth-order valence-corrected chi connectivity index (χ4v) is 3.92.